The van der Waals surface area contributed by atoms with Crippen LogP contribution in [-0.2, 0) is 23.9 Å². The molecule has 8 aromatic rings. The molecule has 24 nitrogen and oxygen atoms in total. The van der Waals surface area contributed by atoms with Gasteiger partial charge in [0.05, 0.1) is 30.7 Å². The highest BCUT2D eigenvalue weighted by Crippen LogP contribution is 2.40. The highest BCUT2D eigenvalue weighted by molar-refractivity contribution is 7.15. The molecule has 0 radical (unpaired) electrons. The normalized spacial score (nSPS) is 19.7. The lowest BCUT2D eigenvalue weighted by molar-refractivity contribution is -0.138. The average molecular weight is 1260 g/mol. The van der Waals surface area contributed by atoms with Gasteiger partial charge in [-0.2, -0.15) is 0 Å². The van der Waals surface area contributed by atoms with Gasteiger partial charge in [0.25, 0.3) is 23.6 Å². The number of amides is 7. The first-order valence-corrected chi connectivity index (χ1v) is 31.8. The maximum Gasteiger partial charge on any atom is 0.271 e. The molecule has 3 aliphatic rings. The quantitative estimate of drug-likeness (QED) is 0.0859. The Bertz CT molecular complexity index is 3940. The average Bonchev–Trinajstić information content (AvgIpc) is 2.72. The second kappa shape index (κ2) is 24.8. The molecule has 1 fully saturated rings. The fraction of sp³-hybridized carbons (Fsp3) is 0.327. The number of hydrogen-bond acceptors (Lipinski definition) is 23. The molecule has 8 N–H and O–H groups in total. The maximum absolute atomic E-state index is 14.3. The number of thiazole rings is 6. The molecule has 30 heteroatoms. The smallest absolute Gasteiger partial charge is 0.271 e. The Hall–Kier alpha value is -8.13. The number of aromatic nitrogens is 7. The lowest BCUT2D eigenvalue weighted by atomic mass is 10.0. The highest BCUT2D eigenvalue weighted by atomic mass is 32.1. The Morgan fingerprint density at radius 2 is 1.39 bits per heavy atom. The zero-order valence-electron chi connectivity index (χ0n) is 45.9. The van der Waals surface area contributed by atoms with Gasteiger partial charge in [0, 0.05) is 50.4 Å². The van der Waals surface area contributed by atoms with E-state index in [9.17, 15) is 38.7 Å². The van der Waals surface area contributed by atoms with Gasteiger partial charge in [-0.3, -0.25) is 33.6 Å². The first kappa shape index (κ1) is 58.6. The van der Waals surface area contributed by atoms with Gasteiger partial charge in [0.2, 0.25) is 23.6 Å². The highest BCUT2D eigenvalue weighted by Gasteiger charge is 2.39. The summed E-state index contributed by atoms with van der Waals surface area (Å²) in [5.74, 6) is -3.75. The number of rotatable bonds is 9. The molecule has 7 aromatic heterocycles. The predicted octanol–water partition coefficient (Wildman–Crippen LogP) is 6.10. The Balaban J connectivity index is 0.965. The van der Waals surface area contributed by atoms with Crippen LogP contribution in [0.4, 0.5) is 0 Å². The van der Waals surface area contributed by atoms with E-state index < -0.39 is 78.3 Å². The lowest BCUT2D eigenvalue weighted by Crippen LogP contribution is -2.47. The fourth-order valence-electron chi connectivity index (χ4n) is 9.69. The number of aliphatic imine (C=N–C) groups is 1. The first-order valence-electron chi connectivity index (χ1n) is 26.6. The molecule has 0 aliphatic carbocycles. The number of nitrogens with zero attached hydrogens (tertiary/aromatic N) is 9. The van der Waals surface area contributed by atoms with E-state index in [0.717, 1.165) is 11.3 Å². The van der Waals surface area contributed by atoms with Gasteiger partial charge >= 0.3 is 0 Å². The van der Waals surface area contributed by atoms with Gasteiger partial charge in [-0.1, -0.05) is 44.2 Å². The van der Waals surface area contributed by atoms with E-state index in [2.05, 4.69) is 36.6 Å². The minimum atomic E-state index is -1.27. The lowest BCUT2D eigenvalue weighted by Gasteiger charge is -2.23. The van der Waals surface area contributed by atoms with Crippen molar-refractivity contribution in [3.8, 4) is 43.4 Å². The summed E-state index contributed by atoms with van der Waals surface area (Å²) >= 11 is 7.28. The van der Waals surface area contributed by atoms with E-state index in [0.29, 0.717) is 98.8 Å². The van der Waals surface area contributed by atoms with E-state index in [1.165, 1.54) is 68.6 Å². The van der Waals surface area contributed by atoms with E-state index in [-0.39, 0.29) is 47.8 Å². The van der Waals surface area contributed by atoms with Crippen LogP contribution in [0.2, 0.25) is 0 Å². The Morgan fingerprint density at radius 1 is 0.718 bits per heavy atom. The Kier molecular flexibility index (Phi) is 17.1. The Morgan fingerprint density at radius 3 is 2.14 bits per heavy atom. The van der Waals surface area contributed by atoms with E-state index >= 15 is 0 Å². The minimum Gasteiger partial charge on any atom is -0.473 e. The first-order chi connectivity index (χ1) is 40.9. The van der Waals surface area contributed by atoms with Crippen LogP contribution in [0.1, 0.15) is 125 Å². The summed E-state index contributed by atoms with van der Waals surface area (Å²) in [6, 6.07) is 8.04. The third kappa shape index (κ3) is 12.4. The molecule has 0 saturated carbocycles. The summed E-state index contributed by atoms with van der Waals surface area (Å²) in [4.78, 5) is 136. The molecule has 1 aromatic carbocycles. The van der Waals surface area contributed by atoms with Gasteiger partial charge in [0.15, 0.2) is 6.04 Å². The van der Waals surface area contributed by atoms with Crippen molar-refractivity contribution in [3.63, 3.8) is 0 Å². The van der Waals surface area contributed by atoms with Crippen LogP contribution in [0.25, 0.3) is 43.4 Å². The number of benzene rings is 1. The van der Waals surface area contributed by atoms with Crippen molar-refractivity contribution in [3.05, 3.63) is 117 Å². The molecule has 10 heterocycles. The summed E-state index contributed by atoms with van der Waals surface area (Å²) in [6.45, 7) is 7.10. The van der Waals surface area contributed by atoms with Crippen molar-refractivity contribution in [1.29, 1.82) is 0 Å². The van der Waals surface area contributed by atoms with Gasteiger partial charge in [0.1, 0.15) is 94.7 Å². The molecular weight excluding hydrogens is 1210 g/mol. The number of carbonyl (C=O) groups excluding carboxylic acids is 7. The van der Waals surface area contributed by atoms with Gasteiger partial charge in [-0.05, 0) is 50.3 Å². The number of hydrogen-bond donors (Lipinski definition) is 7. The summed E-state index contributed by atoms with van der Waals surface area (Å²) in [7, 11) is 1.48. The third-order valence-corrected chi connectivity index (χ3v) is 19.8. The van der Waals surface area contributed by atoms with Crippen LogP contribution in [0.3, 0.4) is 0 Å². The van der Waals surface area contributed by atoms with Crippen molar-refractivity contribution < 1.29 is 43.4 Å². The van der Waals surface area contributed by atoms with Crippen LogP contribution in [-0.4, -0.2) is 131 Å². The number of pyridine rings is 1. The largest absolute Gasteiger partial charge is 0.473 e. The molecule has 6 atom stereocenters. The number of nitrogens with two attached hydrogens (primary N) is 1. The summed E-state index contributed by atoms with van der Waals surface area (Å²) < 4.78 is 5.89. The Labute approximate surface area is 508 Å². The van der Waals surface area contributed by atoms with Crippen LogP contribution in [0, 0.1) is 19.8 Å². The van der Waals surface area contributed by atoms with Crippen LogP contribution in [0.15, 0.2) is 69.0 Å². The van der Waals surface area contributed by atoms with Crippen molar-refractivity contribution >= 4 is 115 Å². The molecule has 10 bridgehead atoms. The van der Waals surface area contributed by atoms with Crippen molar-refractivity contribution in [1.82, 2.24) is 66.4 Å². The third-order valence-electron chi connectivity index (χ3n) is 14.1. The monoisotopic (exact) mass is 1260 g/mol. The number of primary amides is 1. The van der Waals surface area contributed by atoms with Crippen LogP contribution >= 0.6 is 68.0 Å². The predicted molar refractivity (Wildman–Crippen MR) is 321 cm³/mol. The zero-order chi connectivity index (χ0) is 59.8. The molecule has 0 unspecified atom stereocenters. The SMILES string of the molecule is CNC(=O)C[C@@H]1NC(=O)c2csc(n2)-c2ccc(-c3nc(C4=N[C@@H](C(=O)N5CCC[C@@H]5C(N)=O)CO4)cs3)nc2-c2csc(n2)-c2csc(n2)[C@@H]([C@H](O)c2ccccc2)NC(=O)CNC(=O)c2nc(sc2C)[C@@H](C(C)C)NC(=O)c2nc1sc2C. The van der Waals surface area contributed by atoms with Gasteiger partial charge in [-0.25, -0.2) is 39.9 Å². The summed E-state index contributed by atoms with van der Waals surface area (Å²) in [5, 5.41) is 35.3. The number of ether oxygens (including phenoxy) is 1. The molecular formula is C55H53N15O9S6. The standard InChI is InChI=1S/C55H53N15O9S6/c1-23(2)38-54-69-39(24(3)85-54)46(76)58-17-37(72)66-42(43(73)26-10-7-6-8-11-26)53-65-34(22-83-53)51-62-31(19-81-51)41-27(49-63-32(20-80-49)45(75)60-29(16-36(71)57-5)52-68-40(25(4)84-52)47(77)67-38)13-14-28(59-41)50-64-33(21-82-50)48-61-30(18-79-48)55(78)70-15-9-12-35(70)44(56)74/h6-8,10-11,13-14,19-23,29-30,35,38,42-43,73H,9,12,15-18H2,1-5H3,(H2,56,74)(H,57,71)(H,58,76)(H,60,75)(H,66,72)(H,67,77)/t29-,30+,35+,38+,42+,43+/m0/s1. The molecule has 85 heavy (non-hydrogen) atoms. The number of aliphatic hydroxyl groups excluding tert-OH is 1. The van der Waals surface area contributed by atoms with Gasteiger partial charge < -0.3 is 47.1 Å². The molecule has 3 aliphatic heterocycles. The molecule has 7 amide bonds. The van der Waals surface area contributed by atoms with E-state index in [4.69, 9.17) is 40.4 Å². The second-order valence-electron chi connectivity index (χ2n) is 20.2. The summed E-state index contributed by atoms with van der Waals surface area (Å²) in [6.07, 6.45) is -0.341. The fourth-order valence-corrected chi connectivity index (χ4v) is 15.1. The minimum absolute atomic E-state index is 0.0283. The molecule has 1 saturated heterocycles. The molecule has 0 spiro atoms. The van der Waals surface area contributed by atoms with Crippen molar-refractivity contribution in [2.75, 3.05) is 26.7 Å². The number of aryl methyl sites for hydroxylation is 2. The van der Waals surface area contributed by atoms with Crippen molar-refractivity contribution in [2.45, 2.75) is 83.3 Å². The second-order valence-corrected chi connectivity index (χ2v) is 26.2. The number of aliphatic hydroxyl groups is 1. The summed E-state index contributed by atoms with van der Waals surface area (Å²) in [5.41, 5.74) is 8.79. The topological polar surface area (TPSA) is 341 Å². The number of fused-ring (bicyclic) bond motifs is 14. The van der Waals surface area contributed by atoms with Crippen molar-refractivity contribution in [2.24, 2.45) is 16.6 Å². The number of nitrogens with one attached hydrogen (secondary N) is 5. The van der Waals surface area contributed by atoms with Crippen LogP contribution in [0.5, 0.6) is 0 Å². The number of likely N-dealkylation sites (tertiary alicyclic amines) is 1. The maximum atomic E-state index is 14.3. The molecule has 11 rings (SSSR count). The number of carbonyl (C=O) groups is 7. The molecule has 438 valence electrons. The zero-order valence-corrected chi connectivity index (χ0v) is 50.8. The van der Waals surface area contributed by atoms with E-state index in [1.54, 1.807) is 77.8 Å². The van der Waals surface area contributed by atoms with Gasteiger partial charge in [-0.15, -0.1) is 68.0 Å². The van der Waals surface area contributed by atoms with Crippen LogP contribution < -0.4 is 32.3 Å². The van der Waals surface area contributed by atoms with E-state index in [1.807, 2.05) is 13.8 Å².